The van der Waals surface area contributed by atoms with Crippen LogP contribution in [0.3, 0.4) is 0 Å². The summed E-state index contributed by atoms with van der Waals surface area (Å²) in [5, 5.41) is 20.0. The smallest absolute Gasteiger partial charge is 0.338 e. The normalized spacial score (nSPS) is 14.2. The molecule has 1 aromatic carbocycles. The molecule has 0 unspecified atom stereocenters. The number of aliphatic hydroxyl groups is 2. The molecule has 1 heterocycles. The van der Waals surface area contributed by atoms with E-state index >= 15 is 0 Å². The molecule has 2 N–H and O–H groups in total. The van der Waals surface area contributed by atoms with Gasteiger partial charge in [-0.05, 0) is 38.1 Å². The van der Waals surface area contributed by atoms with Crippen molar-refractivity contribution in [2.24, 2.45) is 0 Å². The summed E-state index contributed by atoms with van der Waals surface area (Å²) in [4.78, 5) is 11.6. The van der Waals surface area contributed by atoms with Crippen molar-refractivity contribution in [2.45, 2.75) is 31.0 Å². The Bertz CT molecular complexity index is 809. The van der Waals surface area contributed by atoms with Gasteiger partial charge in [-0.1, -0.05) is 17.7 Å². The lowest BCUT2D eigenvalue weighted by Gasteiger charge is -2.19. The van der Waals surface area contributed by atoms with E-state index < -0.39 is 28.2 Å². The van der Waals surface area contributed by atoms with E-state index in [1.54, 1.807) is 19.1 Å². The highest BCUT2D eigenvalue weighted by Gasteiger charge is 2.31. The second-order valence-electron chi connectivity index (χ2n) is 5.19. The molecule has 0 fully saturated rings. The zero-order valence-electron chi connectivity index (χ0n) is 13.3. The molecule has 0 amide bonds. The molecule has 0 radical (unpaired) electrons. The van der Waals surface area contributed by atoms with E-state index in [-0.39, 0.29) is 17.2 Å². The highest BCUT2D eigenvalue weighted by Crippen LogP contribution is 2.24. The fourth-order valence-corrected chi connectivity index (χ4v) is 3.55. The number of benzene rings is 1. The summed E-state index contributed by atoms with van der Waals surface area (Å²) in [6, 6.07) is 8.92. The number of hydrogen-bond donors (Lipinski definition) is 2. The summed E-state index contributed by atoms with van der Waals surface area (Å²) < 4.78 is 30.9. The van der Waals surface area contributed by atoms with Gasteiger partial charge in [0.1, 0.15) is 6.10 Å². The number of aromatic nitrogens is 1. The molecule has 0 saturated heterocycles. The first-order chi connectivity index (χ1) is 11.3. The quantitative estimate of drug-likeness (QED) is 0.750. The van der Waals surface area contributed by atoms with Crippen LogP contribution in [0.15, 0.2) is 47.5 Å². The van der Waals surface area contributed by atoms with Crippen LogP contribution in [0.4, 0.5) is 0 Å². The van der Waals surface area contributed by atoms with Crippen LogP contribution in [0.2, 0.25) is 0 Å². The Morgan fingerprint density at radius 1 is 1.21 bits per heavy atom. The molecule has 0 aliphatic heterocycles. The minimum Gasteiger partial charge on any atom is -0.464 e. The third-order valence-electron chi connectivity index (χ3n) is 3.45. The van der Waals surface area contributed by atoms with Crippen LogP contribution in [0.1, 0.15) is 24.3 Å². The molecule has 130 valence electrons. The van der Waals surface area contributed by atoms with E-state index in [1.807, 2.05) is 6.92 Å². The second kappa shape index (κ2) is 7.16. The minimum atomic E-state index is -3.97. The Kier molecular flexibility index (Phi) is 5.43. The summed E-state index contributed by atoms with van der Waals surface area (Å²) in [6.07, 6.45) is -2.38. The van der Waals surface area contributed by atoms with Crippen LogP contribution in [0.5, 0.6) is 0 Å². The summed E-state index contributed by atoms with van der Waals surface area (Å²) in [5.41, 5.74) is 0.774. The SMILES string of the molecule is CCOC(=O)[C@@H](O)[C@H](O)c1cccn1S(=O)(=O)c1ccc(C)cc1. The summed E-state index contributed by atoms with van der Waals surface area (Å²) in [5.74, 6) is -1.02. The van der Waals surface area contributed by atoms with Crippen molar-refractivity contribution in [3.63, 3.8) is 0 Å². The number of nitrogens with zero attached hydrogens (tertiary/aromatic N) is 1. The van der Waals surface area contributed by atoms with Crippen molar-refractivity contribution in [3.8, 4) is 0 Å². The number of esters is 1. The number of rotatable bonds is 6. The van der Waals surface area contributed by atoms with Gasteiger partial charge in [0.2, 0.25) is 0 Å². The molecular formula is C16H19NO6S. The van der Waals surface area contributed by atoms with Gasteiger partial charge in [-0.25, -0.2) is 17.2 Å². The molecule has 24 heavy (non-hydrogen) atoms. The number of hydrogen-bond acceptors (Lipinski definition) is 6. The maximum atomic E-state index is 12.7. The topological polar surface area (TPSA) is 106 Å². The standard InChI is InChI=1S/C16H19NO6S/c1-3-23-16(20)15(19)14(18)13-5-4-10-17(13)24(21,22)12-8-6-11(2)7-9-12/h4-10,14-15,18-19H,3H2,1-2H3/t14-,15+/m1/s1. The molecule has 2 rings (SSSR count). The number of carbonyl (C=O) groups is 1. The van der Waals surface area contributed by atoms with Gasteiger partial charge < -0.3 is 14.9 Å². The Balaban J connectivity index is 2.39. The zero-order valence-corrected chi connectivity index (χ0v) is 14.1. The van der Waals surface area contributed by atoms with E-state index in [0.29, 0.717) is 0 Å². The first-order valence-electron chi connectivity index (χ1n) is 7.31. The van der Waals surface area contributed by atoms with Crippen molar-refractivity contribution in [2.75, 3.05) is 6.61 Å². The van der Waals surface area contributed by atoms with E-state index in [0.717, 1.165) is 9.54 Å². The predicted octanol–water partition coefficient (Wildman–Crippen LogP) is 0.991. The van der Waals surface area contributed by atoms with Crippen molar-refractivity contribution in [3.05, 3.63) is 53.9 Å². The maximum Gasteiger partial charge on any atom is 0.338 e. The number of carbonyl (C=O) groups excluding carboxylic acids is 1. The Morgan fingerprint density at radius 3 is 2.42 bits per heavy atom. The third-order valence-corrected chi connectivity index (χ3v) is 5.17. The number of aryl methyl sites for hydroxylation is 1. The van der Waals surface area contributed by atoms with Crippen LogP contribution in [0.25, 0.3) is 0 Å². The fraction of sp³-hybridized carbons (Fsp3) is 0.312. The van der Waals surface area contributed by atoms with Gasteiger partial charge in [0, 0.05) is 6.20 Å². The van der Waals surface area contributed by atoms with Gasteiger partial charge in [-0.15, -0.1) is 0 Å². The van der Waals surface area contributed by atoms with Crippen molar-refractivity contribution in [1.29, 1.82) is 0 Å². The van der Waals surface area contributed by atoms with Crippen LogP contribution >= 0.6 is 0 Å². The Hall–Kier alpha value is -2.16. The molecule has 7 nitrogen and oxygen atoms in total. The van der Waals surface area contributed by atoms with Gasteiger partial charge in [-0.3, -0.25) is 0 Å². The van der Waals surface area contributed by atoms with Gasteiger partial charge in [0.15, 0.2) is 6.10 Å². The zero-order chi connectivity index (χ0) is 17.9. The molecular weight excluding hydrogens is 334 g/mol. The average Bonchev–Trinajstić information content (AvgIpc) is 3.04. The first-order valence-corrected chi connectivity index (χ1v) is 8.75. The summed E-state index contributed by atoms with van der Waals surface area (Å²) in [6.45, 7) is 3.42. The molecule has 0 aliphatic carbocycles. The minimum absolute atomic E-state index is 0.0309. The Labute approximate surface area is 140 Å². The fourth-order valence-electron chi connectivity index (χ4n) is 2.17. The van der Waals surface area contributed by atoms with Crippen molar-refractivity contribution < 1.29 is 28.2 Å². The lowest BCUT2D eigenvalue weighted by atomic mass is 10.1. The highest BCUT2D eigenvalue weighted by molar-refractivity contribution is 7.90. The molecule has 8 heteroatoms. The lowest BCUT2D eigenvalue weighted by molar-refractivity contribution is -0.159. The van der Waals surface area contributed by atoms with Gasteiger partial charge >= 0.3 is 5.97 Å². The lowest BCUT2D eigenvalue weighted by Crippen LogP contribution is -2.32. The maximum absolute atomic E-state index is 12.7. The monoisotopic (exact) mass is 353 g/mol. The first kappa shape index (κ1) is 18.2. The number of aliphatic hydroxyl groups excluding tert-OH is 2. The molecule has 0 aliphatic rings. The number of ether oxygens (including phenoxy) is 1. The van der Waals surface area contributed by atoms with Crippen molar-refractivity contribution >= 4 is 16.0 Å². The molecule has 2 aromatic rings. The predicted molar refractivity (Wildman–Crippen MR) is 85.8 cm³/mol. The van der Waals surface area contributed by atoms with Crippen LogP contribution in [0, 0.1) is 6.92 Å². The molecule has 0 saturated carbocycles. The van der Waals surface area contributed by atoms with E-state index in [9.17, 15) is 23.4 Å². The second-order valence-corrected chi connectivity index (χ2v) is 7.00. The molecule has 2 atom stereocenters. The van der Waals surface area contributed by atoms with E-state index in [1.165, 1.54) is 30.5 Å². The largest absolute Gasteiger partial charge is 0.464 e. The van der Waals surface area contributed by atoms with E-state index in [2.05, 4.69) is 4.74 Å². The molecule has 1 aromatic heterocycles. The third kappa shape index (κ3) is 3.50. The average molecular weight is 353 g/mol. The summed E-state index contributed by atoms with van der Waals surface area (Å²) in [7, 11) is -3.97. The van der Waals surface area contributed by atoms with E-state index in [4.69, 9.17) is 0 Å². The van der Waals surface area contributed by atoms with Crippen LogP contribution in [-0.2, 0) is 19.6 Å². The molecule has 0 spiro atoms. The molecule has 0 bridgehead atoms. The van der Waals surface area contributed by atoms with Gasteiger partial charge in [0.25, 0.3) is 10.0 Å². The summed E-state index contributed by atoms with van der Waals surface area (Å²) >= 11 is 0. The van der Waals surface area contributed by atoms with Gasteiger partial charge in [-0.2, -0.15) is 0 Å². The van der Waals surface area contributed by atoms with Gasteiger partial charge in [0.05, 0.1) is 17.2 Å². The van der Waals surface area contributed by atoms with Crippen molar-refractivity contribution in [1.82, 2.24) is 3.97 Å². The van der Waals surface area contributed by atoms with Crippen LogP contribution in [-0.4, -0.2) is 41.3 Å². The van der Waals surface area contributed by atoms with Crippen LogP contribution < -0.4 is 0 Å². The Morgan fingerprint density at radius 2 is 1.83 bits per heavy atom. The highest BCUT2D eigenvalue weighted by atomic mass is 32.2.